The van der Waals surface area contributed by atoms with Crippen LogP contribution in [-0.2, 0) is 4.79 Å². The summed E-state index contributed by atoms with van der Waals surface area (Å²) in [7, 11) is 4.03. The predicted octanol–water partition coefficient (Wildman–Crippen LogP) is 1.30. The van der Waals surface area contributed by atoms with Crippen molar-refractivity contribution in [3.8, 4) is 0 Å². The van der Waals surface area contributed by atoms with Crippen LogP contribution in [0, 0.1) is 5.41 Å². The first kappa shape index (κ1) is 15.4. The Kier molecular flexibility index (Phi) is 5.17. The number of amides is 1. The summed E-state index contributed by atoms with van der Waals surface area (Å²) in [6, 6.07) is 0.443. The summed E-state index contributed by atoms with van der Waals surface area (Å²) in [5, 5.41) is 0. The first-order valence-electron chi connectivity index (χ1n) is 6.91. The number of likely N-dealkylation sites (tertiary alicyclic amines) is 1. The zero-order chi connectivity index (χ0) is 13.9. The molecular formula is C14H29N3O. The third-order valence-corrected chi connectivity index (χ3v) is 4.09. The van der Waals surface area contributed by atoms with Crippen molar-refractivity contribution in [2.45, 2.75) is 52.1 Å². The van der Waals surface area contributed by atoms with E-state index < -0.39 is 0 Å². The Labute approximate surface area is 111 Å². The summed E-state index contributed by atoms with van der Waals surface area (Å²) >= 11 is 0. The molecular weight excluding hydrogens is 226 g/mol. The molecule has 1 aliphatic rings. The topological polar surface area (TPSA) is 49.6 Å². The highest BCUT2D eigenvalue weighted by Crippen LogP contribution is 2.21. The molecule has 0 aromatic carbocycles. The lowest BCUT2D eigenvalue weighted by Gasteiger charge is -2.30. The fourth-order valence-electron chi connectivity index (χ4n) is 2.28. The molecule has 0 aliphatic carbocycles. The van der Waals surface area contributed by atoms with E-state index in [0.717, 1.165) is 13.1 Å². The largest absolute Gasteiger partial charge is 0.344 e. The second-order valence-corrected chi connectivity index (χ2v) is 6.73. The van der Waals surface area contributed by atoms with E-state index in [0.29, 0.717) is 12.5 Å². The predicted molar refractivity (Wildman–Crippen MR) is 75.3 cm³/mol. The van der Waals surface area contributed by atoms with Crippen molar-refractivity contribution in [1.82, 2.24) is 9.80 Å². The van der Waals surface area contributed by atoms with E-state index in [4.69, 9.17) is 5.73 Å². The fraction of sp³-hybridized carbons (Fsp3) is 0.929. The number of hydrogen-bond donors (Lipinski definition) is 1. The quantitative estimate of drug-likeness (QED) is 0.824. The van der Waals surface area contributed by atoms with E-state index in [2.05, 4.69) is 32.7 Å². The Balaban J connectivity index is 2.42. The van der Waals surface area contributed by atoms with Crippen LogP contribution < -0.4 is 5.73 Å². The van der Waals surface area contributed by atoms with Crippen LogP contribution in [0.15, 0.2) is 0 Å². The average Bonchev–Trinajstić information content (AvgIpc) is 2.62. The van der Waals surface area contributed by atoms with Crippen LogP contribution in [0.4, 0.5) is 0 Å². The molecule has 0 saturated carbocycles. The lowest BCUT2D eigenvalue weighted by molar-refractivity contribution is -0.131. The lowest BCUT2D eigenvalue weighted by atomic mass is 9.85. The Morgan fingerprint density at radius 3 is 2.56 bits per heavy atom. The maximum atomic E-state index is 12.1. The van der Waals surface area contributed by atoms with E-state index in [-0.39, 0.29) is 17.4 Å². The first-order valence-corrected chi connectivity index (χ1v) is 6.91. The zero-order valence-electron chi connectivity index (χ0n) is 12.6. The van der Waals surface area contributed by atoms with Gasteiger partial charge in [0.15, 0.2) is 0 Å². The van der Waals surface area contributed by atoms with Crippen LogP contribution in [0.3, 0.4) is 0 Å². The Hall–Kier alpha value is -0.610. The van der Waals surface area contributed by atoms with Crippen LogP contribution in [-0.4, -0.2) is 55.0 Å². The van der Waals surface area contributed by atoms with Gasteiger partial charge in [-0.15, -0.1) is 0 Å². The van der Waals surface area contributed by atoms with Crippen LogP contribution in [0.2, 0.25) is 0 Å². The summed E-state index contributed by atoms with van der Waals surface area (Å²) in [6.45, 7) is 8.21. The van der Waals surface area contributed by atoms with Gasteiger partial charge in [-0.1, -0.05) is 20.8 Å². The maximum Gasteiger partial charge on any atom is 0.223 e. The summed E-state index contributed by atoms with van der Waals surface area (Å²) in [6.07, 6.45) is 2.88. The number of carbonyl (C=O) groups is 1. The molecule has 0 spiro atoms. The van der Waals surface area contributed by atoms with Crippen molar-refractivity contribution in [2.24, 2.45) is 11.1 Å². The molecule has 2 atom stereocenters. The van der Waals surface area contributed by atoms with Gasteiger partial charge in [0.25, 0.3) is 0 Å². The van der Waals surface area contributed by atoms with E-state index in [9.17, 15) is 4.79 Å². The van der Waals surface area contributed by atoms with Crippen LogP contribution in [0.5, 0.6) is 0 Å². The van der Waals surface area contributed by atoms with Crippen molar-refractivity contribution in [2.75, 3.05) is 27.2 Å². The summed E-state index contributed by atoms with van der Waals surface area (Å²) < 4.78 is 0. The number of nitrogens with two attached hydrogens (primary N) is 1. The van der Waals surface area contributed by atoms with E-state index in [1.807, 2.05) is 11.9 Å². The molecule has 0 aromatic rings. The van der Waals surface area contributed by atoms with Gasteiger partial charge in [-0.3, -0.25) is 4.79 Å². The van der Waals surface area contributed by atoms with Crippen molar-refractivity contribution < 1.29 is 4.79 Å². The van der Waals surface area contributed by atoms with Gasteiger partial charge in [-0.2, -0.15) is 0 Å². The molecule has 1 fully saturated rings. The molecule has 0 radical (unpaired) electrons. The zero-order valence-corrected chi connectivity index (χ0v) is 12.6. The summed E-state index contributed by atoms with van der Waals surface area (Å²) in [5.41, 5.74) is 6.05. The normalized spacial score (nSPS) is 23.1. The van der Waals surface area contributed by atoms with Crippen LogP contribution >= 0.6 is 0 Å². The van der Waals surface area contributed by atoms with Crippen LogP contribution in [0.1, 0.15) is 40.0 Å². The highest BCUT2D eigenvalue weighted by atomic mass is 16.2. The molecule has 1 aliphatic heterocycles. The second kappa shape index (κ2) is 6.02. The number of carbonyl (C=O) groups excluding carboxylic acids is 1. The minimum atomic E-state index is -0.0752. The van der Waals surface area contributed by atoms with Crippen molar-refractivity contribution >= 4 is 5.91 Å². The molecule has 1 rings (SSSR count). The molecule has 1 heterocycles. The van der Waals surface area contributed by atoms with E-state index >= 15 is 0 Å². The van der Waals surface area contributed by atoms with E-state index in [1.165, 1.54) is 12.8 Å². The summed E-state index contributed by atoms with van der Waals surface area (Å²) in [4.78, 5) is 16.3. The minimum Gasteiger partial charge on any atom is -0.344 e. The first-order chi connectivity index (χ1) is 8.21. The van der Waals surface area contributed by atoms with Gasteiger partial charge in [0.2, 0.25) is 5.91 Å². The van der Waals surface area contributed by atoms with Crippen molar-refractivity contribution in [1.29, 1.82) is 0 Å². The Morgan fingerprint density at radius 1 is 1.50 bits per heavy atom. The summed E-state index contributed by atoms with van der Waals surface area (Å²) in [5.74, 6) is 0.165. The van der Waals surface area contributed by atoms with E-state index in [1.54, 1.807) is 0 Å². The van der Waals surface area contributed by atoms with Crippen molar-refractivity contribution in [3.05, 3.63) is 0 Å². The van der Waals surface area contributed by atoms with Gasteiger partial charge in [-0.05, 0) is 31.8 Å². The molecule has 1 saturated heterocycles. The molecule has 0 bridgehead atoms. The lowest BCUT2D eigenvalue weighted by Crippen LogP contribution is -2.44. The standard InChI is InChI=1S/C14H29N3O/c1-14(2,3)12(15)9-13(18)17(5)10-11-7-6-8-16(11)4/h11-12H,6-10,15H2,1-5H3. The highest BCUT2D eigenvalue weighted by Gasteiger charge is 2.27. The highest BCUT2D eigenvalue weighted by molar-refractivity contribution is 5.76. The second-order valence-electron chi connectivity index (χ2n) is 6.73. The maximum absolute atomic E-state index is 12.1. The average molecular weight is 255 g/mol. The molecule has 4 heteroatoms. The van der Waals surface area contributed by atoms with Gasteiger partial charge in [0.05, 0.1) is 0 Å². The monoisotopic (exact) mass is 255 g/mol. The minimum absolute atomic E-state index is 0.0132. The van der Waals surface area contributed by atoms with Gasteiger partial charge >= 0.3 is 0 Å². The van der Waals surface area contributed by atoms with Gasteiger partial charge in [0, 0.05) is 32.1 Å². The number of rotatable bonds is 4. The number of nitrogens with zero attached hydrogens (tertiary/aromatic N) is 2. The van der Waals surface area contributed by atoms with Crippen molar-refractivity contribution in [3.63, 3.8) is 0 Å². The smallest absolute Gasteiger partial charge is 0.223 e. The molecule has 0 aromatic heterocycles. The molecule has 2 unspecified atom stereocenters. The number of likely N-dealkylation sites (N-methyl/N-ethyl adjacent to an activating group) is 2. The van der Waals surface area contributed by atoms with Crippen LogP contribution in [0.25, 0.3) is 0 Å². The molecule has 106 valence electrons. The number of hydrogen-bond acceptors (Lipinski definition) is 3. The van der Waals surface area contributed by atoms with Gasteiger partial charge in [0.1, 0.15) is 0 Å². The molecule has 4 nitrogen and oxygen atoms in total. The Morgan fingerprint density at radius 2 is 2.11 bits per heavy atom. The molecule has 2 N–H and O–H groups in total. The molecule has 18 heavy (non-hydrogen) atoms. The molecule has 1 amide bonds. The SMILES string of the molecule is CN(CC1CCCN1C)C(=O)CC(N)C(C)(C)C. The third-order valence-electron chi connectivity index (χ3n) is 4.09. The fourth-order valence-corrected chi connectivity index (χ4v) is 2.28. The van der Waals surface area contributed by atoms with Gasteiger partial charge in [-0.25, -0.2) is 0 Å². The third kappa shape index (κ3) is 4.25. The Bertz CT molecular complexity index is 285. The van der Waals surface area contributed by atoms with Gasteiger partial charge < -0.3 is 15.5 Å².